The smallest absolute Gasteiger partial charge is 0.220 e. The molecule has 1 aliphatic rings. The van der Waals surface area contributed by atoms with Gasteiger partial charge in [-0.2, -0.15) is 0 Å². The zero-order valence-corrected chi connectivity index (χ0v) is 21.0. The van der Waals surface area contributed by atoms with Gasteiger partial charge in [0.25, 0.3) is 0 Å². The maximum atomic E-state index is 12.1. The molecule has 1 aliphatic carbocycles. The van der Waals surface area contributed by atoms with Gasteiger partial charge in [-0.25, -0.2) is 0 Å². The van der Waals surface area contributed by atoms with E-state index in [1.54, 1.807) is 0 Å². The summed E-state index contributed by atoms with van der Waals surface area (Å²) in [4.78, 5) is 24.0. The van der Waals surface area contributed by atoms with Gasteiger partial charge in [-0.15, -0.1) is 0 Å². The zero-order chi connectivity index (χ0) is 24.0. The van der Waals surface area contributed by atoms with Crippen LogP contribution in [0, 0.1) is 0 Å². The minimum absolute atomic E-state index is 0.112. The van der Waals surface area contributed by atoms with Crippen molar-refractivity contribution in [3.63, 3.8) is 0 Å². The van der Waals surface area contributed by atoms with Crippen LogP contribution < -0.4 is 10.6 Å². The number of unbranched alkanes of at least 4 members (excludes halogenated alkanes) is 6. The van der Waals surface area contributed by atoms with Crippen LogP contribution in [0.5, 0.6) is 0 Å². The Morgan fingerprint density at radius 2 is 1.35 bits per heavy atom. The molecule has 2 aromatic rings. The summed E-state index contributed by atoms with van der Waals surface area (Å²) in [5, 5.41) is 6.01. The van der Waals surface area contributed by atoms with Crippen molar-refractivity contribution < 1.29 is 9.59 Å². The second-order valence-electron chi connectivity index (χ2n) is 9.60. The van der Waals surface area contributed by atoms with Crippen molar-refractivity contribution in [2.24, 2.45) is 0 Å². The van der Waals surface area contributed by atoms with Crippen LogP contribution in [-0.2, 0) is 22.4 Å². The zero-order valence-electron chi connectivity index (χ0n) is 21.0. The lowest BCUT2D eigenvalue weighted by Gasteiger charge is -2.08. The SMILES string of the molecule is CCCCCCCCNC(=O)CCCCNC(=O)CCCc1ccc2c(c1)Cc1ccccc1-2. The Morgan fingerprint density at radius 3 is 2.15 bits per heavy atom. The van der Waals surface area contributed by atoms with E-state index in [1.165, 1.54) is 59.9 Å². The Kier molecular flexibility index (Phi) is 11.2. The van der Waals surface area contributed by atoms with Gasteiger partial charge in [0.2, 0.25) is 11.8 Å². The molecule has 3 rings (SSSR count). The van der Waals surface area contributed by atoms with E-state index in [-0.39, 0.29) is 11.8 Å². The third-order valence-corrected chi connectivity index (χ3v) is 6.73. The number of fused-ring (bicyclic) bond motifs is 3. The van der Waals surface area contributed by atoms with Crippen molar-refractivity contribution >= 4 is 11.8 Å². The van der Waals surface area contributed by atoms with E-state index < -0.39 is 0 Å². The van der Waals surface area contributed by atoms with E-state index in [1.807, 2.05) is 0 Å². The third kappa shape index (κ3) is 8.62. The molecule has 0 aromatic heterocycles. The summed E-state index contributed by atoms with van der Waals surface area (Å²) in [6, 6.07) is 15.4. The topological polar surface area (TPSA) is 58.2 Å². The highest BCUT2D eigenvalue weighted by atomic mass is 16.2. The van der Waals surface area contributed by atoms with Crippen LogP contribution in [0.2, 0.25) is 0 Å². The molecule has 2 aromatic carbocycles. The lowest BCUT2D eigenvalue weighted by atomic mass is 10.0. The molecule has 0 bridgehead atoms. The average Bonchev–Trinajstić information content (AvgIpc) is 3.21. The summed E-state index contributed by atoms with van der Waals surface area (Å²) in [7, 11) is 0. The number of benzene rings is 2. The Bertz CT molecular complexity index is 922. The Labute approximate surface area is 205 Å². The number of hydrogen-bond donors (Lipinski definition) is 2. The molecule has 184 valence electrons. The molecule has 4 nitrogen and oxygen atoms in total. The summed E-state index contributed by atoms with van der Waals surface area (Å²) >= 11 is 0. The molecule has 0 radical (unpaired) electrons. The predicted octanol–water partition coefficient (Wildman–Crippen LogP) is 6.34. The summed E-state index contributed by atoms with van der Waals surface area (Å²) in [6.07, 6.45) is 13.0. The quantitative estimate of drug-likeness (QED) is 0.244. The number of carbonyl (C=O) groups is 2. The molecule has 2 N–H and O–H groups in total. The van der Waals surface area contributed by atoms with Crippen LogP contribution in [0.1, 0.15) is 94.2 Å². The van der Waals surface area contributed by atoms with Gasteiger partial charge in [-0.05, 0) is 66.3 Å². The minimum atomic E-state index is 0.112. The Morgan fingerprint density at radius 1 is 0.706 bits per heavy atom. The maximum Gasteiger partial charge on any atom is 0.220 e. The van der Waals surface area contributed by atoms with Crippen LogP contribution in [0.3, 0.4) is 0 Å². The van der Waals surface area contributed by atoms with Crippen LogP contribution >= 0.6 is 0 Å². The van der Waals surface area contributed by atoms with Crippen molar-refractivity contribution in [3.05, 3.63) is 59.2 Å². The minimum Gasteiger partial charge on any atom is -0.356 e. The predicted molar refractivity (Wildman–Crippen MR) is 141 cm³/mol. The van der Waals surface area contributed by atoms with Crippen molar-refractivity contribution in [3.8, 4) is 11.1 Å². The first-order chi connectivity index (χ1) is 16.7. The summed E-state index contributed by atoms with van der Waals surface area (Å²) in [6.45, 7) is 3.67. The molecule has 34 heavy (non-hydrogen) atoms. The molecule has 4 heteroatoms. The molecule has 0 saturated heterocycles. The van der Waals surface area contributed by atoms with Crippen LogP contribution in [0.4, 0.5) is 0 Å². The third-order valence-electron chi connectivity index (χ3n) is 6.73. The molecule has 0 spiro atoms. The average molecular weight is 463 g/mol. The largest absolute Gasteiger partial charge is 0.356 e. The molecule has 0 heterocycles. The molecular formula is C30H42N2O2. The monoisotopic (exact) mass is 462 g/mol. The summed E-state index contributed by atoms with van der Waals surface area (Å²) in [5.41, 5.74) is 6.83. The number of nitrogens with one attached hydrogen (secondary N) is 2. The van der Waals surface area contributed by atoms with Gasteiger partial charge in [-0.3, -0.25) is 9.59 Å². The fourth-order valence-electron chi connectivity index (χ4n) is 4.76. The highest BCUT2D eigenvalue weighted by Crippen LogP contribution is 2.36. The first kappa shape index (κ1) is 26.0. The van der Waals surface area contributed by atoms with Crippen molar-refractivity contribution in [1.29, 1.82) is 0 Å². The molecule has 0 aliphatic heterocycles. The van der Waals surface area contributed by atoms with Gasteiger partial charge in [0, 0.05) is 25.9 Å². The van der Waals surface area contributed by atoms with Crippen LogP contribution in [-0.4, -0.2) is 24.9 Å². The maximum absolute atomic E-state index is 12.1. The van der Waals surface area contributed by atoms with Crippen molar-refractivity contribution in [1.82, 2.24) is 10.6 Å². The molecular weight excluding hydrogens is 420 g/mol. The second-order valence-corrected chi connectivity index (χ2v) is 9.60. The number of amides is 2. The van der Waals surface area contributed by atoms with Gasteiger partial charge in [0.05, 0.1) is 0 Å². The molecule has 0 unspecified atom stereocenters. The van der Waals surface area contributed by atoms with Gasteiger partial charge in [-0.1, -0.05) is 81.5 Å². The number of carbonyl (C=O) groups excluding carboxylic acids is 2. The van der Waals surface area contributed by atoms with Gasteiger partial charge >= 0.3 is 0 Å². The first-order valence-corrected chi connectivity index (χ1v) is 13.4. The Hall–Kier alpha value is -2.62. The van der Waals surface area contributed by atoms with Gasteiger partial charge in [0.1, 0.15) is 0 Å². The lowest BCUT2D eigenvalue weighted by molar-refractivity contribution is -0.121. The number of aryl methyl sites for hydroxylation is 1. The van der Waals surface area contributed by atoms with E-state index in [2.05, 4.69) is 60.0 Å². The molecule has 0 saturated carbocycles. The first-order valence-electron chi connectivity index (χ1n) is 13.4. The fourth-order valence-corrected chi connectivity index (χ4v) is 4.76. The highest BCUT2D eigenvalue weighted by Gasteiger charge is 2.17. The standard InChI is InChI=1S/C30H42N2O2/c1-2-3-4-5-6-10-20-31-29(33)16-9-11-21-32-30(34)17-12-13-24-18-19-28-26(22-24)23-25-14-7-8-15-27(25)28/h7-8,14-15,18-19,22H,2-6,9-13,16-17,20-21,23H2,1H3,(H,31,33)(H,32,34). The molecule has 0 atom stereocenters. The fraction of sp³-hybridized carbons (Fsp3) is 0.533. The number of rotatable bonds is 16. The molecule has 0 fully saturated rings. The van der Waals surface area contributed by atoms with E-state index >= 15 is 0 Å². The van der Waals surface area contributed by atoms with Gasteiger partial charge < -0.3 is 10.6 Å². The number of hydrogen-bond acceptors (Lipinski definition) is 2. The lowest BCUT2D eigenvalue weighted by Crippen LogP contribution is -2.26. The van der Waals surface area contributed by atoms with E-state index in [0.717, 1.165) is 45.1 Å². The summed E-state index contributed by atoms with van der Waals surface area (Å²) < 4.78 is 0. The molecule has 2 amide bonds. The van der Waals surface area contributed by atoms with Crippen LogP contribution in [0.25, 0.3) is 11.1 Å². The van der Waals surface area contributed by atoms with E-state index in [4.69, 9.17) is 0 Å². The van der Waals surface area contributed by atoms with Crippen LogP contribution in [0.15, 0.2) is 42.5 Å². The van der Waals surface area contributed by atoms with E-state index in [9.17, 15) is 9.59 Å². The van der Waals surface area contributed by atoms with Gasteiger partial charge in [0.15, 0.2) is 0 Å². The van der Waals surface area contributed by atoms with Crippen molar-refractivity contribution in [2.45, 2.75) is 90.4 Å². The second kappa shape index (κ2) is 14.6. The summed E-state index contributed by atoms with van der Waals surface area (Å²) in [5.74, 6) is 0.249. The van der Waals surface area contributed by atoms with E-state index in [0.29, 0.717) is 19.4 Å². The van der Waals surface area contributed by atoms with Crippen molar-refractivity contribution in [2.75, 3.05) is 13.1 Å². The Balaban J connectivity index is 1.19. The highest BCUT2D eigenvalue weighted by molar-refractivity contribution is 5.77. The normalized spacial score (nSPS) is 11.7.